The molecule has 0 atom stereocenters. The molecule has 3 aromatic rings. The van der Waals surface area contributed by atoms with E-state index in [2.05, 4.69) is 20.2 Å². The summed E-state index contributed by atoms with van der Waals surface area (Å²) in [6, 6.07) is 14.1. The Morgan fingerprint density at radius 2 is 1.67 bits per heavy atom. The van der Waals surface area contributed by atoms with Gasteiger partial charge in [-0.1, -0.05) is 0 Å². The van der Waals surface area contributed by atoms with E-state index < -0.39 is 0 Å². The van der Waals surface area contributed by atoms with Gasteiger partial charge in [0.2, 0.25) is 0 Å². The monoisotopic (exact) mass is 407 g/mol. The van der Waals surface area contributed by atoms with E-state index in [4.69, 9.17) is 0 Å². The fourth-order valence-electron chi connectivity index (χ4n) is 3.63. The molecule has 0 radical (unpaired) electrons. The summed E-state index contributed by atoms with van der Waals surface area (Å²) in [4.78, 5) is 17.0. The van der Waals surface area contributed by atoms with Crippen molar-refractivity contribution in [3.63, 3.8) is 0 Å². The van der Waals surface area contributed by atoms with Crippen molar-refractivity contribution in [1.29, 1.82) is 0 Å². The van der Waals surface area contributed by atoms with Crippen LogP contribution in [0.15, 0.2) is 60.9 Å². The maximum atomic E-state index is 13.1. The molecular formula is C23H26FN5O. The lowest BCUT2D eigenvalue weighted by atomic mass is 10.2. The lowest BCUT2D eigenvalue weighted by Gasteiger charge is -2.36. The minimum atomic E-state index is -0.209. The zero-order chi connectivity index (χ0) is 20.9. The molecule has 30 heavy (non-hydrogen) atoms. The van der Waals surface area contributed by atoms with Crippen LogP contribution < -0.4 is 10.2 Å². The number of amides is 1. The third kappa shape index (κ3) is 4.86. The largest absolute Gasteiger partial charge is 0.369 e. The molecule has 2 aromatic carbocycles. The fraction of sp³-hybridized carbons (Fsp3) is 0.304. The fourth-order valence-corrected chi connectivity index (χ4v) is 3.63. The first-order valence-corrected chi connectivity index (χ1v) is 10.2. The van der Waals surface area contributed by atoms with Crippen molar-refractivity contribution < 1.29 is 9.18 Å². The Bertz CT molecular complexity index is 976. The molecule has 0 unspecified atom stereocenters. The van der Waals surface area contributed by atoms with Gasteiger partial charge < -0.3 is 10.2 Å². The number of halogens is 1. The van der Waals surface area contributed by atoms with Crippen LogP contribution in [0.2, 0.25) is 0 Å². The van der Waals surface area contributed by atoms with Crippen LogP contribution in [0.5, 0.6) is 0 Å². The summed E-state index contributed by atoms with van der Waals surface area (Å²) in [5, 5.41) is 7.28. The van der Waals surface area contributed by atoms with Gasteiger partial charge in [0, 0.05) is 56.7 Å². The third-order valence-electron chi connectivity index (χ3n) is 5.38. The van der Waals surface area contributed by atoms with Crippen molar-refractivity contribution in [1.82, 2.24) is 20.0 Å². The van der Waals surface area contributed by atoms with Gasteiger partial charge in [-0.3, -0.25) is 9.69 Å². The van der Waals surface area contributed by atoms with E-state index in [0.717, 1.165) is 49.7 Å². The van der Waals surface area contributed by atoms with E-state index in [-0.39, 0.29) is 11.7 Å². The molecule has 156 valence electrons. The Kier molecular flexibility index (Phi) is 6.09. The second kappa shape index (κ2) is 9.09. The predicted molar refractivity (Wildman–Crippen MR) is 116 cm³/mol. The molecule has 1 aromatic heterocycles. The van der Waals surface area contributed by atoms with Crippen LogP contribution in [0.3, 0.4) is 0 Å². The first kappa shape index (κ1) is 20.1. The molecule has 0 aliphatic carbocycles. The van der Waals surface area contributed by atoms with E-state index >= 15 is 0 Å². The highest BCUT2D eigenvalue weighted by atomic mass is 19.1. The summed E-state index contributed by atoms with van der Waals surface area (Å²) >= 11 is 0. The SMILES string of the molecule is Cc1cnn(-c2ccc(C(=O)NCCN3CCN(c4ccc(F)cc4)CC3)cc2)c1. The lowest BCUT2D eigenvalue weighted by molar-refractivity contribution is 0.0948. The Morgan fingerprint density at radius 3 is 2.30 bits per heavy atom. The molecule has 0 spiro atoms. The number of rotatable bonds is 6. The molecule has 2 heterocycles. The molecule has 0 bridgehead atoms. The van der Waals surface area contributed by atoms with Crippen LogP contribution in [-0.4, -0.2) is 59.9 Å². The predicted octanol–water partition coefficient (Wildman–Crippen LogP) is 2.87. The molecule has 1 saturated heterocycles. The van der Waals surface area contributed by atoms with Gasteiger partial charge in [-0.05, 0) is 61.0 Å². The number of anilines is 1. The molecule has 4 rings (SSSR count). The highest BCUT2D eigenvalue weighted by Crippen LogP contribution is 2.16. The molecule has 1 N–H and O–H groups in total. The normalized spacial score (nSPS) is 14.7. The van der Waals surface area contributed by atoms with Crippen molar-refractivity contribution in [3.05, 3.63) is 77.9 Å². The summed E-state index contributed by atoms with van der Waals surface area (Å²) in [5.74, 6) is -0.276. The number of benzene rings is 2. The van der Waals surface area contributed by atoms with Gasteiger partial charge in [-0.15, -0.1) is 0 Å². The van der Waals surface area contributed by atoms with Gasteiger partial charge in [0.05, 0.1) is 11.9 Å². The van der Waals surface area contributed by atoms with Crippen LogP contribution >= 0.6 is 0 Å². The van der Waals surface area contributed by atoms with Gasteiger partial charge in [0.25, 0.3) is 5.91 Å². The van der Waals surface area contributed by atoms with Gasteiger partial charge in [-0.25, -0.2) is 9.07 Å². The van der Waals surface area contributed by atoms with Crippen LogP contribution in [0, 0.1) is 12.7 Å². The number of nitrogens with one attached hydrogen (secondary N) is 1. The van der Waals surface area contributed by atoms with Gasteiger partial charge in [-0.2, -0.15) is 5.10 Å². The minimum Gasteiger partial charge on any atom is -0.369 e. The molecule has 0 saturated carbocycles. The average molecular weight is 407 g/mol. The lowest BCUT2D eigenvalue weighted by Crippen LogP contribution is -2.48. The maximum absolute atomic E-state index is 13.1. The highest BCUT2D eigenvalue weighted by Gasteiger charge is 2.17. The highest BCUT2D eigenvalue weighted by molar-refractivity contribution is 5.94. The summed E-state index contributed by atoms with van der Waals surface area (Å²) in [6.07, 6.45) is 3.75. The molecular weight excluding hydrogens is 381 g/mol. The van der Waals surface area contributed by atoms with Crippen molar-refractivity contribution in [3.8, 4) is 5.69 Å². The summed E-state index contributed by atoms with van der Waals surface area (Å²) in [6.45, 7) is 7.05. The van der Waals surface area contributed by atoms with E-state index in [9.17, 15) is 9.18 Å². The topological polar surface area (TPSA) is 53.4 Å². The van der Waals surface area contributed by atoms with E-state index in [1.54, 1.807) is 10.9 Å². The quantitative estimate of drug-likeness (QED) is 0.683. The molecule has 1 aliphatic heterocycles. The number of nitrogens with zero attached hydrogens (tertiary/aromatic N) is 4. The second-order valence-electron chi connectivity index (χ2n) is 7.57. The van der Waals surface area contributed by atoms with Crippen molar-refractivity contribution in [2.24, 2.45) is 0 Å². The van der Waals surface area contributed by atoms with E-state index in [0.29, 0.717) is 12.1 Å². The summed E-state index contributed by atoms with van der Waals surface area (Å²) < 4.78 is 14.9. The summed E-state index contributed by atoms with van der Waals surface area (Å²) in [7, 11) is 0. The zero-order valence-corrected chi connectivity index (χ0v) is 17.1. The smallest absolute Gasteiger partial charge is 0.251 e. The number of hydrogen-bond donors (Lipinski definition) is 1. The third-order valence-corrected chi connectivity index (χ3v) is 5.38. The Balaban J connectivity index is 1.21. The Morgan fingerprint density at radius 1 is 1.00 bits per heavy atom. The number of hydrogen-bond acceptors (Lipinski definition) is 4. The minimum absolute atomic E-state index is 0.0665. The van der Waals surface area contributed by atoms with Crippen molar-refractivity contribution in [2.45, 2.75) is 6.92 Å². The number of aromatic nitrogens is 2. The Hall–Kier alpha value is -3.19. The number of carbonyl (C=O) groups is 1. The summed E-state index contributed by atoms with van der Waals surface area (Å²) in [5.41, 5.74) is 3.72. The van der Waals surface area contributed by atoms with Gasteiger partial charge >= 0.3 is 0 Å². The van der Waals surface area contributed by atoms with Crippen molar-refractivity contribution >= 4 is 11.6 Å². The van der Waals surface area contributed by atoms with Crippen molar-refractivity contribution in [2.75, 3.05) is 44.2 Å². The average Bonchev–Trinajstić information content (AvgIpc) is 3.21. The van der Waals surface area contributed by atoms with Crippen LogP contribution in [0.25, 0.3) is 5.69 Å². The second-order valence-corrected chi connectivity index (χ2v) is 7.57. The maximum Gasteiger partial charge on any atom is 0.251 e. The number of aryl methyl sites for hydroxylation is 1. The van der Waals surface area contributed by atoms with Crippen LogP contribution in [0.4, 0.5) is 10.1 Å². The van der Waals surface area contributed by atoms with Gasteiger partial charge in [0.15, 0.2) is 0 Å². The van der Waals surface area contributed by atoms with Gasteiger partial charge in [0.1, 0.15) is 5.82 Å². The molecule has 1 aliphatic rings. The van der Waals surface area contributed by atoms with E-state index in [1.807, 2.05) is 49.5 Å². The van der Waals surface area contributed by atoms with Crippen LogP contribution in [-0.2, 0) is 0 Å². The number of piperazine rings is 1. The first-order valence-electron chi connectivity index (χ1n) is 10.2. The molecule has 1 fully saturated rings. The zero-order valence-electron chi connectivity index (χ0n) is 17.1. The van der Waals surface area contributed by atoms with Crippen LogP contribution in [0.1, 0.15) is 15.9 Å². The number of carbonyl (C=O) groups excluding carboxylic acids is 1. The van der Waals surface area contributed by atoms with E-state index in [1.165, 1.54) is 12.1 Å². The molecule has 7 heteroatoms. The molecule has 1 amide bonds. The first-order chi connectivity index (χ1) is 14.6. The standard InChI is InChI=1S/C23H26FN5O/c1-18-16-26-29(17-18)22-6-2-19(3-7-22)23(30)25-10-11-27-12-14-28(15-13-27)21-8-4-20(24)5-9-21/h2-9,16-17H,10-15H2,1H3,(H,25,30). The Labute approximate surface area is 175 Å². The molecule has 6 nitrogen and oxygen atoms in total.